The van der Waals surface area contributed by atoms with E-state index >= 15 is 0 Å². The van der Waals surface area contributed by atoms with E-state index in [1.54, 1.807) is 0 Å². The van der Waals surface area contributed by atoms with E-state index in [9.17, 15) is 23.7 Å². The normalized spacial score (nSPS) is 15.1. The Kier molecular flexibility index (Phi) is 4.00. The number of aromatic amines is 1. The van der Waals surface area contributed by atoms with Gasteiger partial charge in [0, 0.05) is 5.56 Å². The van der Waals surface area contributed by atoms with Crippen LogP contribution in [0.1, 0.15) is 40.6 Å². The molecule has 9 heteroatoms. The maximum Gasteiger partial charge on any atom is 0.322 e. The Morgan fingerprint density at radius 1 is 1.46 bits per heavy atom. The van der Waals surface area contributed by atoms with Crippen molar-refractivity contribution in [2.45, 2.75) is 25.8 Å². The lowest BCUT2D eigenvalue weighted by molar-refractivity contribution is -0.385. The number of rotatable bonds is 5. The van der Waals surface area contributed by atoms with E-state index in [1.165, 1.54) is 6.92 Å². The van der Waals surface area contributed by atoms with Crippen LogP contribution < -0.4 is 5.32 Å². The Labute approximate surface area is 135 Å². The molecule has 3 rings (SSSR count). The topological polar surface area (TPSA) is 101 Å². The molecule has 1 atom stereocenters. The summed E-state index contributed by atoms with van der Waals surface area (Å²) in [5, 5.41) is 19.7. The van der Waals surface area contributed by atoms with Gasteiger partial charge < -0.3 is 5.32 Å². The zero-order valence-electron chi connectivity index (χ0n) is 12.7. The lowest BCUT2D eigenvalue weighted by atomic mass is 10.0. The number of hydrogen-bond acceptors (Lipinski definition) is 4. The first kappa shape index (κ1) is 16.0. The summed E-state index contributed by atoms with van der Waals surface area (Å²) in [6.45, 7) is 1.42. The molecule has 0 radical (unpaired) electrons. The smallest absolute Gasteiger partial charge is 0.322 e. The molecule has 24 heavy (non-hydrogen) atoms. The largest absolute Gasteiger partial charge is 0.343 e. The van der Waals surface area contributed by atoms with Crippen LogP contribution in [0.5, 0.6) is 0 Å². The van der Waals surface area contributed by atoms with E-state index in [2.05, 4.69) is 15.5 Å². The van der Waals surface area contributed by atoms with E-state index in [0.717, 1.165) is 31.0 Å². The number of amides is 1. The molecule has 1 amide bonds. The van der Waals surface area contributed by atoms with Crippen LogP contribution in [0.15, 0.2) is 18.2 Å². The van der Waals surface area contributed by atoms with Gasteiger partial charge in [0.15, 0.2) is 0 Å². The lowest BCUT2D eigenvalue weighted by Gasteiger charge is -2.18. The fraction of sp³-hybridized carbons (Fsp3) is 0.333. The van der Waals surface area contributed by atoms with Crippen LogP contribution >= 0.6 is 0 Å². The molecular weight excluding hydrogens is 322 g/mol. The second-order valence-corrected chi connectivity index (χ2v) is 5.76. The van der Waals surface area contributed by atoms with Crippen molar-refractivity contribution in [3.63, 3.8) is 0 Å². The summed E-state index contributed by atoms with van der Waals surface area (Å²) in [5.41, 5.74) is -0.632. The molecule has 1 aliphatic rings. The number of aryl methyl sites for hydroxylation is 1. The third kappa shape index (κ3) is 2.97. The van der Waals surface area contributed by atoms with Gasteiger partial charge in [0.1, 0.15) is 17.3 Å². The summed E-state index contributed by atoms with van der Waals surface area (Å²) < 4.78 is 27.5. The molecule has 7 nitrogen and oxygen atoms in total. The zero-order valence-corrected chi connectivity index (χ0v) is 12.7. The Hall–Kier alpha value is -2.84. The first-order valence-electron chi connectivity index (χ1n) is 7.33. The molecule has 126 valence electrons. The van der Waals surface area contributed by atoms with E-state index < -0.39 is 34.2 Å². The minimum Gasteiger partial charge on any atom is -0.343 e. The van der Waals surface area contributed by atoms with Crippen molar-refractivity contribution >= 4 is 11.6 Å². The second kappa shape index (κ2) is 5.99. The Balaban J connectivity index is 1.91. The van der Waals surface area contributed by atoms with Gasteiger partial charge >= 0.3 is 5.69 Å². The minimum atomic E-state index is -0.799. The van der Waals surface area contributed by atoms with E-state index in [4.69, 9.17) is 0 Å². The molecule has 1 aliphatic carbocycles. The van der Waals surface area contributed by atoms with Crippen molar-refractivity contribution in [1.82, 2.24) is 15.5 Å². The van der Waals surface area contributed by atoms with Gasteiger partial charge in [-0.1, -0.05) is 0 Å². The highest BCUT2D eigenvalue weighted by molar-refractivity contribution is 5.96. The monoisotopic (exact) mass is 336 g/mol. The first-order valence-corrected chi connectivity index (χ1v) is 7.33. The molecular formula is C15H14F2N4O3. The second-order valence-electron chi connectivity index (χ2n) is 5.76. The Morgan fingerprint density at radius 3 is 2.79 bits per heavy atom. The molecule has 0 unspecified atom stereocenters. The van der Waals surface area contributed by atoms with Crippen LogP contribution in [0.25, 0.3) is 0 Å². The molecule has 1 heterocycles. The molecule has 1 aromatic carbocycles. The summed E-state index contributed by atoms with van der Waals surface area (Å²) in [7, 11) is 0. The summed E-state index contributed by atoms with van der Waals surface area (Å²) in [6.07, 6.45) is 1.51. The van der Waals surface area contributed by atoms with Crippen LogP contribution in [0.2, 0.25) is 0 Å². The molecule has 1 aromatic heterocycles. The van der Waals surface area contributed by atoms with Crippen LogP contribution in [-0.2, 0) is 0 Å². The molecule has 0 bridgehead atoms. The standard InChI is InChI=1S/C15H14F2N4O3/c1-7-14(21(23)24)13(20-19-7)15(22)18-12(8-2-3-8)10-6-9(16)4-5-11(10)17/h4-6,8,12H,2-3H2,1H3,(H,18,22)(H,19,20)/t12-/m1/s1. The van der Waals surface area contributed by atoms with E-state index in [-0.39, 0.29) is 22.9 Å². The number of H-pyrrole nitrogens is 1. The Bertz CT molecular complexity index is 817. The van der Waals surface area contributed by atoms with Gasteiger partial charge in [-0.05, 0) is 43.9 Å². The summed E-state index contributed by atoms with van der Waals surface area (Å²) in [6, 6.07) is 2.26. The SMILES string of the molecule is Cc1[nH]nc(C(=O)N[C@@H](c2cc(F)ccc2F)C2CC2)c1[N+](=O)[O-]. The highest BCUT2D eigenvalue weighted by atomic mass is 19.1. The summed E-state index contributed by atoms with van der Waals surface area (Å²) in [4.78, 5) is 22.7. The molecule has 1 saturated carbocycles. The number of nitro groups is 1. The van der Waals surface area contributed by atoms with Crippen molar-refractivity contribution in [3.05, 3.63) is 56.9 Å². The molecule has 0 saturated heterocycles. The predicted molar refractivity (Wildman–Crippen MR) is 79.3 cm³/mol. The lowest BCUT2D eigenvalue weighted by Crippen LogP contribution is -2.31. The van der Waals surface area contributed by atoms with E-state index in [1.807, 2.05) is 0 Å². The summed E-state index contributed by atoms with van der Waals surface area (Å²) >= 11 is 0. The quantitative estimate of drug-likeness (QED) is 0.647. The highest BCUT2D eigenvalue weighted by Gasteiger charge is 2.37. The van der Waals surface area contributed by atoms with Gasteiger partial charge in [0.2, 0.25) is 5.69 Å². The van der Waals surface area contributed by atoms with Crippen LogP contribution in [0, 0.1) is 34.6 Å². The van der Waals surface area contributed by atoms with Gasteiger partial charge in [-0.2, -0.15) is 5.10 Å². The van der Waals surface area contributed by atoms with Crippen LogP contribution in [-0.4, -0.2) is 21.0 Å². The highest BCUT2D eigenvalue weighted by Crippen LogP contribution is 2.42. The number of carbonyl (C=O) groups excluding carboxylic acids is 1. The number of hydrogen-bond donors (Lipinski definition) is 2. The van der Waals surface area contributed by atoms with Crippen molar-refractivity contribution in [1.29, 1.82) is 0 Å². The van der Waals surface area contributed by atoms with Crippen molar-refractivity contribution < 1.29 is 18.5 Å². The average Bonchev–Trinajstić information content (AvgIpc) is 3.28. The van der Waals surface area contributed by atoms with Gasteiger partial charge in [-0.25, -0.2) is 8.78 Å². The number of aromatic nitrogens is 2. The number of carbonyl (C=O) groups is 1. The predicted octanol–water partition coefficient (Wildman–Crippen LogP) is 2.79. The maximum absolute atomic E-state index is 14.0. The molecule has 2 aromatic rings. The molecule has 0 spiro atoms. The fourth-order valence-corrected chi connectivity index (χ4v) is 2.65. The third-order valence-electron chi connectivity index (χ3n) is 3.99. The van der Waals surface area contributed by atoms with Gasteiger partial charge in [0.25, 0.3) is 5.91 Å². The maximum atomic E-state index is 14.0. The molecule has 2 N–H and O–H groups in total. The van der Waals surface area contributed by atoms with Crippen LogP contribution in [0.3, 0.4) is 0 Å². The molecule has 1 fully saturated rings. The number of nitrogens with one attached hydrogen (secondary N) is 2. The number of halogens is 2. The van der Waals surface area contributed by atoms with Crippen molar-refractivity contribution in [3.8, 4) is 0 Å². The first-order chi connectivity index (χ1) is 11.4. The van der Waals surface area contributed by atoms with Crippen molar-refractivity contribution in [2.24, 2.45) is 5.92 Å². The number of nitrogens with zero attached hydrogens (tertiary/aromatic N) is 2. The van der Waals surface area contributed by atoms with Gasteiger partial charge in [0.05, 0.1) is 11.0 Å². The third-order valence-corrected chi connectivity index (χ3v) is 3.99. The van der Waals surface area contributed by atoms with Crippen molar-refractivity contribution in [2.75, 3.05) is 0 Å². The van der Waals surface area contributed by atoms with Gasteiger partial charge in [-0.15, -0.1) is 0 Å². The average molecular weight is 336 g/mol. The number of benzene rings is 1. The van der Waals surface area contributed by atoms with E-state index in [0.29, 0.717) is 0 Å². The van der Waals surface area contributed by atoms with Crippen LogP contribution in [0.4, 0.5) is 14.5 Å². The Morgan fingerprint density at radius 2 is 2.17 bits per heavy atom. The zero-order chi connectivity index (χ0) is 17.4. The fourth-order valence-electron chi connectivity index (χ4n) is 2.65. The summed E-state index contributed by atoms with van der Waals surface area (Å²) in [5.74, 6) is -2.09. The van der Waals surface area contributed by atoms with Gasteiger partial charge in [-0.3, -0.25) is 20.0 Å². The minimum absolute atomic E-state index is 0.0285. The molecule has 0 aliphatic heterocycles.